The second-order valence-electron chi connectivity index (χ2n) is 5.08. The highest BCUT2D eigenvalue weighted by molar-refractivity contribution is 9.10. The Hall–Kier alpha value is -1.27. The van der Waals surface area contributed by atoms with Gasteiger partial charge in [0.2, 0.25) is 0 Å². The lowest BCUT2D eigenvalue weighted by atomic mass is 10.1. The predicted octanol–water partition coefficient (Wildman–Crippen LogP) is 4.31. The van der Waals surface area contributed by atoms with Gasteiger partial charge < -0.3 is 9.73 Å². The van der Waals surface area contributed by atoms with Gasteiger partial charge >= 0.3 is 0 Å². The van der Waals surface area contributed by atoms with E-state index in [-0.39, 0.29) is 11.3 Å². The molecule has 21 heavy (non-hydrogen) atoms. The third kappa shape index (κ3) is 4.35. The molecule has 0 amide bonds. The summed E-state index contributed by atoms with van der Waals surface area (Å²) in [6.45, 7) is 4.99. The summed E-state index contributed by atoms with van der Waals surface area (Å²) in [7, 11) is 0. The number of halogens is 3. The smallest absolute Gasteiger partial charge is 0.194 e. The van der Waals surface area contributed by atoms with Crippen molar-refractivity contribution in [2.24, 2.45) is 0 Å². The summed E-state index contributed by atoms with van der Waals surface area (Å²) >= 11 is 3.05. The summed E-state index contributed by atoms with van der Waals surface area (Å²) in [5.74, 6) is -0.751. The maximum Gasteiger partial charge on any atom is 0.194 e. The van der Waals surface area contributed by atoms with E-state index in [1.807, 2.05) is 0 Å². The number of benzene rings is 1. The second kappa shape index (κ2) is 7.13. The van der Waals surface area contributed by atoms with Crippen LogP contribution in [0, 0.1) is 11.6 Å². The van der Waals surface area contributed by atoms with E-state index in [1.54, 1.807) is 0 Å². The number of oxazole rings is 1. The zero-order chi connectivity index (χ0) is 15.4. The van der Waals surface area contributed by atoms with Gasteiger partial charge in [-0.2, -0.15) is 0 Å². The second-order valence-corrected chi connectivity index (χ2v) is 5.99. The first-order valence-electron chi connectivity index (χ1n) is 6.80. The average Bonchev–Trinajstić information content (AvgIpc) is 2.81. The maximum absolute atomic E-state index is 13.8. The van der Waals surface area contributed by atoms with Crippen molar-refractivity contribution in [1.29, 1.82) is 0 Å². The fourth-order valence-corrected chi connectivity index (χ4v) is 2.35. The third-order valence-electron chi connectivity index (χ3n) is 2.93. The van der Waals surface area contributed by atoms with Crippen molar-refractivity contribution in [2.45, 2.75) is 32.7 Å². The third-order valence-corrected chi connectivity index (χ3v) is 3.38. The summed E-state index contributed by atoms with van der Waals surface area (Å²) in [6, 6.07) is 2.83. The van der Waals surface area contributed by atoms with Gasteiger partial charge in [0, 0.05) is 16.9 Å². The van der Waals surface area contributed by atoms with Gasteiger partial charge in [-0.25, -0.2) is 13.8 Å². The standard InChI is InChI=1S/C15H17BrF2N2O/c1-9(2)19-5-3-4-14-20-8-13(21-14)15-11(17)6-10(16)7-12(15)18/h6-9,19H,3-5H2,1-2H3. The number of aryl methyl sites for hydroxylation is 1. The molecule has 0 bridgehead atoms. The highest BCUT2D eigenvalue weighted by atomic mass is 79.9. The summed E-state index contributed by atoms with van der Waals surface area (Å²) in [5.41, 5.74) is -0.183. The van der Waals surface area contributed by atoms with Crippen LogP contribution in [0.3, 0.4) is 0 Å². The first-order valence-corrected chi connectivity index (χ1v) is 7.59. The molecule has 1 aromatic heterocycles. The molecule has 0 unspecified atom stereocenters. The Morgan fingerprint density at radius 3 is 2.57 bits per heavy atom. The van der Waals surface area contributed by atoms with Crippen molar-refractivity contribution in [3.8, 4) is 11.3 Å². The highest BCUT2D eigenvalue weighted by Crippen LogP contribution is 2.29. The minimum Gasteiger partial charge on any atom is -0.441 e. The lowest BCUT2D eigenvalue weighted by Gasteiger charge is -2.06. The number of hydrogen-bond donors (Lipinski definition) is 1. The first kappa shape index (κ1) is 16.1. The first-order chi connectivity index (χ1) is 9.97. The molecule has 0 radical (unpaired) electrons. The molecular weight excluding hydrogens is 342 g/mol. The van der Waals surface area contributed by atoms with Crippen LogP contribution in [0.1, 0.15) is 26.2 Å². The van der Waals surface area contributed by atoms with Crippen LogP contribution in [0.5, 0.6) is 0 Å². The van der Waals surface area contributed by atoms with Crippen molar-refractivity contribution in [3.05, 3.63) is 40.3 Å². The van der Waals surface area contributed by atoms with Gasteiger partial charge in [-0.3, -0.25) is 0 Å². The molecule has 0 saturated heterocycles. The summed E-state index contributed by atoms with van der Waals surface area (Å²) in [5, 5.41) is 3.28. The molecule has 0 aliphatic rings. The van der Waals surface area contributed by atoms with Crippen LogP contribution in [0.25, 0.3) is 11.3 Å². The van der Waals surface area contributed by atoms with Gasteiger partial charge in [0.1, 0.15) is 11.6 Å². The Morgan fingerprint density at radius 1 is 1.29 bits per heavy atom. The molecule has 0 aliphatic heterocycles. The number of aromatic nitrogens is 1. The van der Waals surface area contributed by atoms with Crippen molar-refractivity contribution in [3.63, 3.8) is 0 Å². The van der Waals surface area contributed by atoms with Crippen LogP contribution in [0.15, 0.2) is 27.2 Å². The molecule has 2 aromatic rings. The molecule has 1 N–H and O–H groups in total. The highest BCUT2D eigenvalue weighted by Gasteiger charge is 2.17. The van der Waals surface area contributed by atoms with Crippen LogP contribution < -0.4 is 5.32 Å². The van der Waals surface area contributed by atoms with E-state index in [0.29, 0.717) is 22.8 Å². The molecule has 2 rings (SSSR count). The largest absolute Gasteiger partial charge is 0.441 e. The predicted molar refractivity (Wildman–Crippen MR) is 81.0 cm³/mol. The van der Waals surface area contributed by atoms with Gasteiger partial charge in [-0.15, -0.1) is 0 Å². The lowest BCUT2D eigenvalue weighted by molar-refractivity contribution is 0.478. The van der Waals surface area contributed by atoms with E-state index in [9.17, 15) is 8.78 Å². The summed E-state index contributed by atoms with van der Waals surface area (Å²) < 4.78 is 33.5. The Morgan fingerprint density at radius 2 is 1.95 bits per heavy atom. The molecule has 0 saturated carbocycles. The van der Waals surface area contributed by atoms with Crippen molar-refractivity contribution >= 4 is 15.9 Å². The Balaban J connectivity index is 2.06. The summed E-state index contributed by atoms with van der Waals surface area (Å²) in [6.07, 6.45) is 2.84. The normalized spacial score (nSPS) is 11.3. The minimum absolute atomic E-state index is 0.115. The van der Waals surface area contributed by atoms with Crippen LogP contribution in [-0.2, 0) is 6.42 Å². The number of rotatable bonds is 6. The topological polar surface area (TPSA) is 38.1 Å². The van der Waals surface area contributed by atoms with Crippen molar-refractivity contribution in [2.75, 3.05) is 6.54 Å². The van der Waals surface area contributed by atoms with Crippen LogP contribution in [-0.4, -0.2) is 17.6 Å². The SMILES string of the molecule is CC(C)NCCCc1ncc(-c2c(F)cc(Br)cc2F)o1. The number of nitrogens with one attached hydrogen (secondary N) is 1. The number of hydrogen-bond acceptors (Lipinski definition) is 3. The zero-order valence-corrected chi connectivity index (χ0v) is 13.5. The van der Waals surface area contributed by atoms with E-state index in [1.165, 1.54) is 18.3 Å². The van der Waals surface area contributed by atoms with E-state index in [4.69, 9.17) is 4.42 Å². The Labute approximate surface area is 130 Å². The van der Waals surface area contributed by atoms with Gasteiger partial charge in [0.25, 0.3) is 0 Å². The minimum atomic E-state index is -0.675. The molecule has 0 spiro atoms. The molecule has 1 heterocycles. The van der Waals surface area contributed by atoms with Gasteiger partial charge in [0.05, 0.1) is 11.8 Å². The quantitative estimate of drug-likeness (QED) is 0.781. The molecule has 3 nitrogen and oxygen atoms in total. The fourth-order valence-electron chi connectivity index (χ4n) is 1.95. The van der Waals surface area contributed by atoms with Crippen molar-refractivity contribution < 1.29 is 13.2 Å². The number of nitrogens with zero attached hydrogens (tertiary/aromatic N) is 1. The van der Waals surface area contributed by atoms with Crippen LogP contribution >= 0.6 is 15.9 Å². The van der Waals surface area contributed by atoms with Gasteiger partial charge in [-0.1, -0.05) is 29.8 Å². The molecule has 0 aliphatic carbocycles. The van der Waals surface area contributed by atoms with Crippen molar-refractivity contribution in [1.82, 2.24) is 10.3 Å². The molecular formula is C15H17BrF2N2O. The zero-order valence-electron chi connectivity index (χ0n) is 11.9. The molecule has 0 fully saturated rings. The van der Waals surface area contributed by atoms with Gasteiger partial charge in [0.15, 0.2) is 11.7 Å². The molecule has 1 aromatic carbocycles. The maximum atomic E-state index is 13.8. The van der Waals surface area contributed by atoms with Gasteiger partial charge in [-0.05, 0) is 25.1 Å². The molecule has 0 atom stereocenters. The Kier molecular flexibility index (Phi) is 5.47. The lowest BCUT2D eigenvalue weighted by Crippen LogP contribution is -2.23. The van der Waals surface area contributed by atoms with Crippen LogP contribution in [0.2, 0.25) is 0 Å². The summed E-state index contributed by atoms with van der Waals surface area (Å²) in [4.78, 5) is 4.07. The Bertz CT molecular complexity index is 590. The van der Waals surface area contributed by atoms with E-state index in [0.717, 1.165) is 13.0 Å². The molecule has 6 heteroatoms. The van der Waals surface area contributed by atoms with E-state index in [2.05, 4.69) is 40.1 Å². The van der Waals surface area contributed by atoms with E-state index >= 15 is 0 Å². The van der Waals surface area contributed by atoms with Crippen LogP contribution in [0.4, 0.5) is 8.78 Å². The van der Waals surface area contributed by atoms with E-state index < -0.39 is 11.6 Å². The fraction of sp³-hybridized carbons (Fsp3) is 0.400. The monoisotopic (exact) mass is 358 g/mol. The average molecular weight is 359 g/mol. The molecule has 114 valence electrons.